The monoisotopic (exact) mass is 499 g/mol. The number of fused-ring (bicyclic) bond motifs is 1. The minimum absolute atomic E-state index is 0.137. The van der Waals surface area contributed by atoms with Gasteiger partial charge in [-0.05, 0) is 43.0 Å². The first-order valence-electron chi connectivity index (χ1n) is 13.3. The molecule has 1 saturated heterocycles. The number of H-pyrrole nitrogens is 1. The number of benzene rings is 2. The summed E-state index contributed by atoms with van der Waals surface area (Å²) in [5, 5.41) is 5.08. The second kappa shape index (κ2) is 10.0. The first-order valence-corrected chi connectivity index (χ1v) is 13.3. The van der Waals surface area contributed by atoms with Gasteiger partial charge in [0.25, 0.3) is 0 Å². The van der Waals surface area contributed by atoms with E-state index in [1.807, 2.05) is 23.1 Å². The standard InChI is InChI=1S/C29H33N5O3/c1-32-14-16-33(17-15-32)25(35)19-34-24-18-22(28-30-29(36)37-31-28)12-13-23(24)26(20-8-4-2-5-9-20)27(34)21-10-6-3-7-11-21/h3,6-7,10-13,18,20H,2,4-5,8-9,14-17,19H2,1H3,(H,30,31,36). The maximum Gasteiger partial charge on any atom is 0.439 e. The van der Waals surface area contributed by atoms with Gasteiger partial charge in [0.15, 0.2) is 5.82 Å². The molecular formula is C29H33N5O3. The molecule has 3 heterocycles. The first kappa shape index (κ1) is 23.7. The summed E-state index contributed by atoms with van der Waals surface area (Å²) < 4.78 is 6.98. The van der Waals surface area contributed by atoms with Crippen LogP contribution in [0.2, 0.25) is 0 Å². The molecule has 0 radical (unpaired) electrons. The third kappa shape index (κ3) is 4.62. The topological polar surface area (TPSA) is 87.4 Å². The van der Waals surface area contributed by atoms with Gasteiger partial charge in [-0.15, -0.1) is 0 Å². The normalized spacial score (nSPS) is 17.5. The van der Waals surface area contributed by atoms with Gasteiger partial charge in [-0.25, -0.2) is 4.79 Å². The van der Waals surface area contributed by atoms with Crippen molar-refractivity contribution in [1.29, 1.82) is 0 Å². The van der Waals surface area contributed by atoms with E-state index in [0.29, 0.717) is 11.7 Å². The lowest BCUT2D eigenvalue weighted by molar-refractivity contribution is -0.133. The number of carbonyl (C=O) groups excluding carboxylic acids is 1. The van der Waals surface area contributed by atoms with E-state index in [1.54, 1.807) is 0 Å². The van der Waals surface area contributed by atoms with Crippen LogP contribution >= 0.6 is 0 Å². The Morgan fingerprint density at radius 2 is 1.76 bits per heavy atom. The Morgan fingerprint density at radius 1 is 1.00 bits per heavy atom. The molecule has 1 amide bonds. The molecule has 8 nitrogen and oxygen atoms in total. The Labute approximate surface area is 215 Å². The third-order valence-corrected chi connectivity index (χ3v) is 8.03. The number of nitrogens with one attached hydrogen (secondary N) is 1. The number of hydrogen-bond acceptors (Lipinski definition) is 5. The Balaban J connectivity index is 1.54. The number of aromatic nitrogens is 3. The van der Waals surface area contributed by atoms with Gasteiger partial charge in [-0.2, -0.15) is 0 Å². The van der Waals surface area contributed by atoms with Crippen molar-refractivity contribution in [3.8, 4) is 22.6 Å². The van der Waals surface area contributed by atoms with Crippen LogP contribution in [0.25, 0.3) is 33.5 Å². The van der Waals surface area contributed by atoms with Crippen molar-refractivity contribution in [3.05, 3.63) is 64.6 Å². The highest BCUT2D eigenvalue weighted by Gasteiger charge is 2.29. The Bertz CT molecular complexity index is 1450. The number of aromatic amines is 1. The SMILES string of the molecule is CN1CCN(C(=O)Cn2c(-c3ccccc3)c(C3CCCCC3)c3ccc(-c4noc(=O)[nH]4)cc32)CC1. The van der Waals surface area contributed by atoms with Gasteiger partial charge in [0.1, 0.15) is 6.54 Å². The van der Waals surface area contributed by atoms with Crippen LogP contribution in [0.3, 0.4) is 0 Å². The summed E-state index contributed by atoms with van der Waals surface area (Å²) in [4.78, 5) is 32.2. The van der Waals surface area contributed by atoms with Gasteiger partial charge in [-0.3, -0.25) is 14.3 Å². The number of carbonyl (C=O) groups is 1. The number of likely N-dealkylation sites (N-methyl/N-ethyl adjacent to an activating group) is 1. The number of hydrogen-bond donors (Lipinski definition) is 1. The highest BCUT2D eigenvalue weighted by molar-refractivity contribution is 5.96. The quantitative estimate of drug-likeness (QED) is 0.438. The average Bonchev–Trinajstić information content (AvgIpc) is 3.51. The zero-order valence-electron chi connectivity index (χ0n) is 21.3. The van der Waals surface area contributed by atoms with E-state index >= 15 is 0 Å². The molecule has 2 aromatic carbocycles. The van der Waals surface area contributed by atoms with E-state index in [1.165, 1.54) is 30.2 Å². The van der Waals surface area contributed by atoms with Crippen LogP contribution in [0.1, 0.15) is 43.6 Å². The molecule has 2 aromatic heterocycles. The van der Waals surface area contributed by atoms with Crippen LogP contribution in [-0.2, 0) is 11.3 Å². The zero-order chi connectivity index (χ0) is 25.4. The summed E-state index contributed by atoms with van der Waals surface area (Å²) in [6.07, 6.45) is 6.04. The lowest BCUT2D eigenvalue weighted by atomic mass is 9.82. The minimum atomic E-state index is -0.580. The molecule has 192 valence electrons. The van der Waals surface area contributed by atoms with E-state index in [0.717, 1.165) is 61.4 Å². The van der Waals surface area contributed by atoms with Crippen LogP contribution in [0.15, 0.2) is 57.8 Å². The summed E-state index contributed by atoms with van der Waals surface area (Å²) in [6.45, 7) is 3.55. The van der Waals surface area contributed by atoms with Crippen molar-refractivity contribution >= 4 is 16.8 Å². The highest BCUT2D eigenvalue weighted by atomic mass is 16.5. The molecule has 0 bridgehead atoms. The van der Waals surface area contributed by atoms with Gasteiger partial charge in [0.05, 0.1) is 11.2 Å². The molecule has 2 fully saturated rings. The fourth-order valence-corrected chi connectivity index (χ4v) is 6.04. The van der Waals surface area contributed by atoms with Gasteiger partial charge < -0.3 is 14.4 Å². The summed E-state index contributed by atoms with van der Waals surface area (Å²) in [5.74, 6) is 0.399. The Hall–Kier alpha value is -3.65. The molecule has 2 aliphatic rings. The van der Waals surface area contributed by atoms with Gasteiger partial charge in [0, 0.05) is 37.1 Å². The molecule has 37 heavy (non-hydrogen) atoms. The molecule has 0 spiro atoms. The van der Waals surface area contributed by atoms with Crippen LogP contribution in [-0.4, -0.2) is 63.6 Å². The van der Waals surface area contributed by atoms with Crippen molar-refractivity contribution in [3.63, 3.8) is 0 Å². The van der Waals surface area contributed by atoms with Crippen molar-refractivity contribution in [1.82, 2.24) is 24.5 Å². The lowest BCUT2D eigenvalue weighted by Gasteiger charge is -2.32. The fraction of sp³-hybridized carbons (Fsp3) is 0.414. The fourth-order valence-electron chi connectivity index (χ4n) is 6.04. The second-order valence-electron chi connectivity index (χ2n) is 10.4. The molecule has 0 atom stereocenters. The van der Waals surface area contributed by atoms with E-state index in [9.17, 15) is 9.59 Å². The summed E-state index contributed by atoms with van der Waals surface area (Å²) in [6, 6.07) is 16.6. The Kier molecular flexibility index (Phi) is 6.42. The molecule has 1 aliphatic carbocycles. The number of nitrogens with zero attached hydrogens (tertiary/aromatic N) is 4. The largest absolute Gasteiger partial charge is 0.439 e. The maximum atomic E-state index is 13.7. The molecule has 1 saturated carbocycles. The van der Waals surface area contributed by atoms with Crippen LogP contribution < -0.4 is 5.76 Å². The highest BCUT2D eigenvalue weighted by Crippen LogP contribution is 2.44. The first-order chi connectivity index (χ1) is 18.1. The molecule has 8 heteroatoms. The van der Waals surface area contributed by atoms with E-state index < -0.39 is 5.76 Å². The number of piperazine rings is 1. The molecule has 1 N–H and O–H groups in total. The smallest absolute Gasteiger partial charge is 0.339 e. The predicted octanol–water partition coefficient (Wildman–Crippen LogP) is 4.47. The third-order valence-electron chi connectivity index (χ3n) is 8.03. The molecule has 0 unspecified atom stereocenters. The molecular weight excluding hydrogens is 466 g/mol. The lowest BCUT2D eigenvalue weighted by Crippen LogP contribution is -2.48. The summed E-state index contributed by atoms with van der Waals surface area (Å²) in [7, 11) is 2.10. The maximum absolute atomic E-state index is 13.7. The van der Waals surface area contributed by atoms with Gasteiger partial charge >= 0.3 is 5.76 Å². The van der Waals surface area contributed by atoms with Crippen LogP contribution in [0.4, 0.5) is 0 Å². The van der Waals surface area contributed by atoms with Gasteiger partial charge in [0.2, 0.25) is 5.91 Å². The molecule has 1 aliphatic heterocycles. The zero-order valence-corrected chi connectivity index (χ0v) is 21.3. The van der Waals surface area contributed by atoms with E-state index in [4.69, 9.17) is 4.52 Å². The average molecular weight is 500 g/mol. The van der Waals surface area contributed by atoms with Gasteiger partial charge in [-0.1, -0.05) is 66.9 Å². The summed E-state index contributed by atoms with van der Waals surface area (Å²) in [5.41, 5.74) is 5.35. The van der Waals surface area contributed by atoms with Crippen LogP contribution in [0, 0.1) is 0 Å². The molecule has 6 rings (SSSR count). The number of rotatable bonds is 5. The summed E-state index contributed by atoms with van der Waals surface area (Å²) >= 11 is 0. The van der Waals surface area contributed by atoms with E-state index in [-0.39, 0.29) is 12.5 Å². The Morgan fingerprint density at radius 3 is 2.46 bits per heavy atom. The molecule has 4 aromatic rings. The van der Waals surface area contributed by atoms with Crippen molar-refractivity contribution in [2.45, 2.75) is 44.6 Å². The van der Waals surface area contributed by atoms with E-state index in [2.05, 4.69) is 57.0 Å². The number of amides is 1. The van der Waals surface area contributed by atoms with Crippen molar-refractivity contribution in [2.24, 2.45) is 0 Å². The van der Waals surface area contributed by atoms with Crippen molar-refractivity contribution < 1.29 is 9.32 Å². The predicted molar refractivity (Wildman–Crippen MR) is 143 cm³/mol. The minimum Gasteiger partial charge on any atom is -0.339 e. The second-order valence-corrected chi connectivity index (χ2v) is 10.4. The van der Waals surface area contributed by atoms with Crippen LogP contribution in [0.5, 0.6) is 0 Å². The van der Waals surface area contributed by atoms with Crippen molar-refractivity contribution in [2.75, 3.05) is 33.2 Å².